The molecule has 1 fully saturated rings. The van der Waals surface area contributed by atoms with Crippen LogP contribution in [0.3, 0.4) is 0 Å². The van der Waals surface area contributed by atoms with Gasteiger partial charge in [0.15, 0.2) is 0 Å². The van der Waals surface area contributed by atoms with Gasteiger partial charge in [0, 0.05) is 28.3 Å². The molecule has 1 heterocycles. The SMILES string of the molecule is CCCC[C@@H](COCCN1C(=O)C[C@@H]1[S@@](=O)Cc1ccc(C(=O)OCC)cc1)c1ccccc1Cl. The molecule has 1 aliphatic heterocycles. The minimum Gasteiger partial charge on any atom is -0.462 e. The van der Waals surface area contributed by atoms with Crippen LogP contribution >= 0.6 is 11.6 Å². The molecule has 1 aliphatic rings. The molecule has 1 saturated heterocycles. The maximum atomic E-state index is 12.9. The Bertz CT molecular complexity index is 1010. The summed E-state index contributed by atoms with van der Waals surface area (Å²) >= 11 is 6.41. The predicted molar refractivity (Wildman–Crippen MR) is 139 cm³/mol. The molecule has 0 aromatic heterocycles. The van der Waals surface area contributed by atoms with Crippen molar-refractivity contribution in [3.8, 4) is 0 Å². The highest BCUT2D eigenvalue weighted by molar-refractivity contribution is 7.84. The van der Waals surface area contributed by atoms with E-state index >= 15 is 0 Å². The summed E-state index contributed by atoms with van der Waals surface area (Å²) in [6.07, 6.45) is 3.46. The van der Waals surface area contributed by atoms with Gasteiger partial charge in [-0.15, -0.1) is 0 Å². The van der Waals surface area contributed by atoms with E-state index in [1.165, 1.54) is 0 Å². The molecular formula is C27H34ClNO5S. The second-order valence-corrected chi connectivity index (χ2v) is 10.6. The number of amides is 1. The first-order chi connectivity index (χ1) is 16.9. The van der Waals surface area contributed by atoms with E-state index in [0.717, 1.165) is 35.4 Å². The summed E-state index contributed by atoms with van der Waals surface area (Å²) in [7, 11) is -1.24. The van der Waals surface area contributed by atoms with Crippen molar-refractivity contribution in [2.24, 2.45) is 0 Å². The number of rotatable bonds is 14. The van der Waals surface area contributed by atoms with Crippen molar-refractivity contribution in [2.45, 2.75) is 56.6 Å². The van der Waals surface area contributed by atoms with Crippen molar-refractivity contribution in [3.05, 3.63) is 70.2 Å². The van der Waals surface area contributed by atoms with Gasteiger partial charge in [-0.25, -0.2) is 4.79 Å². The number of hydrogen-bond acceptors (Lipinski definition) is 5. The highest BCUT2D eigenvalue weighted by Crippen LogP contribution is 2.29. The summed E-state index contributed by atoms with van der Waals surface area (Å²) in [5.41, 5.74) is 2.41. The van der Waals surface area contributed by atoms with Crippen LogP contribution in [0.4, 0.5) is 0 Å². The molecule has 0 N–H and O–H groups in total. The Morgan fingerprint density at radius 1 is 1.17 bits per heavy atom. The van der Waals surface area contributed by atoms with E-state index in [-0.39, 0.29) is 29.6 Å². The molecule has 3 atom stereocenters. The topological polar surface area (TPSA) is 72.9 Å². The molecule has 8 heteroatoms. The quantitative estimate of drug-likeness (QED) is 0.192. The Kier molecular flexibility index (Phi) is 10.8. The first-order valence-corrected chi connectivity index (χ1v) is 13.9. The van der Waals surface area contributed by atoms with Gasteiger partial charge in [-0.05, 0) is 42.7 Å². The number of likely N-dealkylation sites (tertiary alicyclic amines) is 1. The van der Waals surface area contributed by atoms with Gasteiger partial charge in [0.1, 0.15) is 5.37 Å². The molecule has 0 radical (unpaired) electrons. The van der Waals surface area contributed by atoms with Gasteiger partial charge in [-0.1, -0.05) is 61.7 Å². The number of nitrogens with zero attached hydrogens (tertiary/aromatic N) is 1. The number of carbonyl (C=O) groups is 2. The van der Waals surface area contributed by atoms with Crippen molar-refractivity contribution in [2.75, 3.05) is 26.4 Å². The molecule has 35 heavy (non-hydrogen) atoms. The minimum absolute atomic E-state index is 0.00162. The largest absolute Gasteiger partial charge is 0.462 e. The number of ether oxygens (including phenoxy) is 2. The van der Waals surface area contributed by atoms with Crippen LogP contribution in [-0.2, 0) is 30.8 Å². The van der Waals surface area contributed by atoms with Gasteiger partial charge in [-0.3, -0.25) is 9.00 Å². The molecule has 2 aromatic rings. The Morgan fingerprint density at radius 3 is 2.57 bits per heavy atom. The van der Waals surface area contributed by atoms with Crippen molar-refractivity contribution in [3.63, 3.8) is 0 Å². The van der Waals surface area contributed by atoms with Crippen LogP contribution in [0.2, 0.25) is 5.02 Å². The van der Waals surface area contributed by atoms with E-state index in [9.17, 15) is 13.8 Å². The molecule has 0 unspecified atom stereocenters. The first kappa shape index (κ1) is 27.4. The van der Waals surface area contributed by atoms with Crippen molar-refractivity contribution >= 4 is 34.3 Å². The van der Waals surface area contributed by atoms with Crippen LogP contribution < -0.4 is 0 Å². The molecule has 3 rings (SSSR count). The lowest BCUT2D eigenvalue weighted by Gasteiger charge is -2.39. The fourth-order valence-corrected chi connectivity index (χ4v) is 5.95. The number of β-lactam (4-membered cyclic amide) rings is 1. The van der Waals surface area contributed by atoms with E-state index in [2.05, 4.69) is 6.92 Å². The molecule has 190 valence electrons. The van der Waals surface area contributed by atoms with Gasteiger partial charge >= 0.3 is 5.97 Å². The zero-order chi connectivity index (χ0) is 25.2. The second kappa shape index (κ2) is 13.8. The number of benzene rings is 2. The molecular weight excluding hydrogens is 486 g/mol. The predicted octanol–water partition coefficient (Wildman–Crippen LogP) is 5.31. The van der Waals surface area contributed by atoms with Crippen LogP contribution in [0, 0.1) is 0 Å². The molecule has 2 aromatic carbocycles. The van der Waals surface area contributed by atoms with Crippen LogP contribution in [0.1, 0.15) is 66.9 Å². The van der Waals surface area contributed by atoms with E-state index in [4.69, 9.17) is 21.1 Å². The summed E-state index contributed by atoms with van der Waals surface area (Å²) in [6.45, 7) is 5.58. The molecule has 0 saturated carbocycles. The number of carbonyl (C=O) groups excluding carboxylic acids is 2. The Balaban J connectivity index is 1.48. The van der Waals surface area contributed by atoms with E-state index in [1.807, 2.05) is 24.3 Å². The zero-order valence-corrected chi connectivity index (χ0v) is 22.0. The van der Waals surface area contributed by atoms with Crippen molar-refractivity contribution in [1.82, 2.24) is 4.90 Å². The third-order valence-electron chi connectivity index (χ3n) is 6.14. The fraction of sp³-hybridized carbons (Fsp3) is 0.481. The number of halogens is 1. The van der Waals surface area contributed by atoms with E-state index in [0.29, 0.717) is 37.7 Å². The molecule has 0 aliphatic carbocycles. The molecule has 0 spiro atoms. The van der Waals surface area contributed by atoms with Crippen LogP contribution in [-0.4, -0.2) is 52.7 Å². The van der Waals surface area contributed by atoms with E-state index < -0.39 is 10.8 Å². The highest BCUT2D eigenvalue weighted by atomic mass is 35.5. The van der Waals surface area contributed by atoms with Gasteiger partial charge in [-0.2, -0.15) is 0 Å². The van der Waals surface area contributed by atoms with Crippen LogP contribution in [0.15, 0.2) is 48.5 Å². The zero-order valence-electron chi connectivity index (χ0n) is 20.4. The van der Waals surface area contributed by atoms with Crippen molar-refractivity contribution in [1.29, 1.82) is 0 Å². The fourth-order valence-electron chi connectivity index (χ4n) is 4.11. The minimum atomic E-state index is -1.24. The monoisotopic (exact) mass is 519 g/mol. The lowest BCUT2D eigenvalue weighted by Crippen LogP contribution is -2.55. The number of esters is 1. The Labute approximate surface area is 215 Å². The van der Waals surface area contributed by atoms with Gasteiger partial charge < -0.3 is 14.4 Å². The van der Waals surface area contributed by atoms with Crippen LogP contribution in [0.5, 0.6) is 0 Å². The highest BCUT2D eigenvalue weighted by Gasteiger charge is 2.39. The normalized spacial score (nSPS) is 17.1. The van der Waals surface area contributed by atoms with Gasteiger partial charge in [0.2, 0.25) is 5.91 Å². The maximum absolute atomic E-state index is 12.9. The summed E-state index contributed by atoms with van der Waals surface area (Å²) in [6, 6.07) is 14.8. The molecule has 0 bridgehead atoms. The number of hydrogen-bond donors (Lipinski definition) is 0. The Hall–Kier alpha value is -2.22. The Morgan fingerprint density at radius 2 is 1.91 bits per heavy atom. The summed E-state index contributed by atoms with van der Waals surface area (Å²) in [5, 5.41) is 0.441. The van der Waals surface area contributed by atoms with Crippen molar-refractivity contribution < 1.29 is 23.3 Å². The first-order valence-electron chi connectivity index (χ1n) is 12.2. The van der Waals surface area contributed by atoms with Gasteiger partial charge in [0.05, 0.1) is 37.6 Å². The lowest BCUT2D eigenvalue weighted by atomic mass is 9.94. The molecule has 6 nitrogen and oxygen atoms in total. The maximum Gasteiger partial charge on any atom is 0.338 e. The number of unbranched alkanes of at least 4 members (excludes halogenated alkanes) is 1. The van der Waals surface area contributed by atoms with Gasteiger partial charge in [0.25, 0.3) is 0 Å². The third kappa shape index (κ3) is 7.63. The average Bonchev–Trinajstić information content (AvgIpc) is 2.85. The average molecular weight is 520 g/mol. The second-order valence-electron chi connectivity index (χ2n) is 8.62. The summed E-state index contributed by atoms with van der Waals surface area (Å²) in [5.74, 6) is 0.156. The lowest BCUT2D eigenvalue weighted by molar-refractivity contribution is -0.142. The summed E-state index contributed by atoms with van der Waals surface area (Å²) in [4.78, 5) is 25.6. The summed E-state index contributed by atoms with van der Waals surface area (Å²) < 4.78 is 23.9. The smallest absolute Gasteiger partial charge is 0.338 e. The third-order valence-corrected chi connectivity index (χ3v) is 8.13. The van der Waals surface area contributed by atoms with E-state index in [1.54, 1.807) is 36.1 Å². The standard InChI is InChI=1S/C27H34ClNO5S/c1-3-5-8-22(23-9-6-7-10-24(23)28)18-33-16-15-29-25(30)17-26(29)35(32)19-20-11-13-21(14-12-20)27(31)34-4-2/h6-7,9-14,22,26H,3-5,8,15-19H2,1-2H3/t22-,26-,35-/m0/s1. The van der Waals surface area contributed by atoms with Crippen LogP contribution in [0.25, 0.3) is 0 Å². The molecule has 1 amide bonds.